The number of nitrogens with one attached hydrogen (secondary N) is 2. The van der Waals surface area contributed by atoms with Crippen LogP contribution in [0.2, 0.25) is 5.02 Å². The van der Waals surface area contributed by atoms with Gasteiger partial charge in [-0.05, 0) is 60.8 Å². The van der Waals surface area contributed by atoms with E-state index in [0.29, 0.717) is 0 Å². The molecular formula is C19H16ClFN2O3S2. The predicted molar refractivity (Wildman–Crippen MR) is 109 cm³/mol. The minimum Gasteiger partial charge on any atom is -0.345 e. The smallest absolute Gasteiger partial charge is 0.261 e. The van der Waals surface area contributed by atoms with Crippen molar-refractivity contribution >= 4 is 44.6 Å². The standard InChI is InChI=1S/C19H16ClFN2O3S2/c1-12(18-3-2-10-27-18)22-19(24)13-4-9-16(20)17(11-13)23-28(25,26)15-7-5-14(21)6-8-15/h2-12,23H,1H3,(H,22,24). The Hall–Kier alpha value is -2.42. The molecule has 146 valence electrons. The molecule has 0 aliphatic heterocycles. The number of carbonyl (C=O) groups is 1. The molecule has 9 heteroatoms. The quantitative estimate of drug-likeness (QED) is 0.578. The number of rotatable bonds is 6. The summed E-state index contributed by atoms with van der Waals surface area (Å²) in [5.41, 5.74) is 0.312. The maximum absolute atomic E-state index is 13.0. The molecule has 0 aliphatic rings. The number of hydrogen-bond donors (Lipinski definition) is 2. The molecule has 2 aromatic carbocycles. The van der Waals surface area contributed by atoms with E-state index in [0.717, 1.165) is 29.1 Å². The van der Waals surface area contributed by atoms with E-state index in [-0.39, 0.29) is 33.1 Å². The summed E-state index contributed by atoms with van der Waals surface area (Å²) in [5.74, 6) is -0.907. The third kappa shape index (κ3) is 4.70. The maximum atomic E-state index is 13.0. The van der Waals surface area contributed by atoms with Crippen molar-refractivity contribution in [1.29, 1.82) is 0 Å². The van der Waals surface area contributed by atoms with Crippen LogP contribution in [0.15, 0.2) is 64.9 Å². The Balaban J connectivity index is 1.81. The zero-order valence-electron chi connectivity index (χ0n) is 14.6. The van der Waals surface area contributed by atoms with Gasteiger partial charge in [-0.25, -0.2) is 12.8 Å². The average Bonchev–Trinajstić information content (AvgIpc) is 3.18. The van der Waals surface area contributed by atoms with Crippen LogP contribution in [-0.2, 0) is 10.0 Å². The van der Waals surface area contributed by atoms with E-state index in [2.05, 4.69) is 10.0 Å². The van der Waals surface area contributed by atoms with E-state index in [1.165, 1.54) is 29.5 Å². The molecule has 0 aliphatic carbocycles. The summed E-state index contributed by atoms with van der Waals surface area (Å²) in [6.07, 6.45) is 0. The molecule has 1 atom stereocenters. The summed E-state index contributed by atoms with van der Waals surface area (Å²) in [7, 11) is -3.98. The van der Waals surface area contributed by atoms with Crippen LogP contribution in [0.4, 0.5) is 10.1 Å². The van der Waals surface area contributed by atoms with Gasteiger partial charge in [-0.2, -0.15) is 0 Å². The number of carbonyl (C=O) groups excluding carboxylic acids is 1. The van der Waals surface area contributed by atoms with Gasteiger partial charge in [-0.1, -0.05) is 17.7 Å². The van der Waals surface area contributed by atoms with E-state index in [1.807, 2.05) is 24.4 Å². The normalized spacial score (nSPS) is 12.4. The highest BCUT2D eigenvalue weighted by Crippen LogP contribution is 2.27. The molecule has 2 N–H and O–H groups in total. The third-order valence-electron chi connectivity index (χ3n) is 3.91. The van der Waals surface area contributed by atoms with Gasteiger partial charge in [0.15, 0.2) is 0 Å². The molecule has 3 aromatic rings. The second-order valence-corrected chi connectivity index (χ2v) is 9.03. The van der Waals surface area contributed by atoms with Crippen LogP contribution in [-0.4, -0.2) is 14.3 Å². The molecule has 1 unspecified atom stereocenters. The molecule has 1 heterocycles. The van der Waals surface area contributed by atoms with Gasteiger partial charge in [0, 0.05) is 10.4 Å². The number of amides is 1. The largest absolute Gasteiger partial charge is 0.345 e. The molecule has 28 heavy (non-hydrogen) atoms. The highest BCUT2D eigenvalue weighted by atomic mass is 35.5. The first-order valence-corrected chi connectivity index (χ1v) is 10.9. The molecule has 0 bridgehead atoms. The van der Waals surface area contributed by atoms with Gasteiger partial charge in [0.2, 0.25) is 0 Å². The molecule has 3 rings (SSSR count). The summed E-state index contributed by atoms with van der Waals surface area (Å²) in [4.78, 5) is 13.4. The number of thiophene rings is 1. The Morgan fingerprint density at radius 3 is 2.50 bits per heavy atom. The molecule has 0 spiro atoms. The fraction of sp³-hybridized carbons (Fsp3) is 0.105. The fourth-order valence-electron chi connectivity index (χ4n) is 2.45. The fourth-order valence-corrected chi connectivity index (χ4v) is 4.48. The predicted octanol–water partition coefficient (Wildman–Crippen LogP) is 4.83. The Kier molecular flexibility index (Phi) is 6.02. The van der Waals surface area contributed by atoms with Gasteiger partial charge >= 0.3 is 0 Å². The molecule has 0 radical (unpaired) electrons. The lowest BCUT2D eigenvalue weighted by molar-refractivity contribution is 0.0940. The molecule has 5 nitrogen and oxygen atoms in total. The van der Waals surface area contributed by atoms with Crippen molar-refractivity contribution in [3.05, 3.63) is 81.3 Å². The highest BCUT2D eigenvalue weighted by Gasteiger charge is 2.18. The first-order valence-electron chi connectivity index (χ1n) is 8.18. The lowest BCUT2D eigenvalue weighted by atomic mass is 10.1. The zero-order valence-corrected chi connectivity index (χ0v) is 17.0. The van der Waals surface area contributed by atoms with Gasteiger partial charge < -0.3 is 5.32 Å². The Morgan fingerprint density at radius 1 is 1.14 bits per heavy atom. The van der Waals surface area contributed by atoms with Crippen LogP contribution in [0, 0.1) is 5.82 Å². The van der Waals surface area contributed by atoms with Crippen LogP contribution in [0.1, 0.15) is 28.2 Å². The lowest BCUT2D eigenvalue weighted by Gasteiger charge is -2.14. The van der Waals surface area contributed by atoms with E-state index >= 15 is 0 Å². The summed E-state index contributed by atoms with van der Waals surface area (Å²) < 4.78 is 40.3. The third-order valence-corrected chi connectivity index (χ3v) is 6.68. The molecule has 1 aromatic heterocycles. The first-order chi connectivity index (χ1) is 13.3. The monoisotopic (exact) mass is 438 g/mol. The van der Waals surface area contributed by atoms with Crippen molar-refractivity contribution in [1.82, 2.24) is 5.32 Å². The first kappa shape index (κ1) is 20.3. The Morgan fingerprint density at radius 2 is 1.86 bits per heavy atom. The second-order valence-electron chi connectivity index (χ2n) is 5.96. The molecule has 0 saturated heterocycles. The second kappa shape index (κ2) is 8.30. The Bertz CT molecular complexity index is 1080. The van der Waals surface area contributed by atoms with Crippen LogP contribution in [0.5, 0.6) is 0 Å². The van der Waals surface area contributed by atoms with E-state index < -0.39 is 15.8 Å². The highest BCUT2D eigenvalue weighted by molar-refractivity contribution is 7.92. The maximum Gasteiger partial charge on any atom is 0.261 e. The number of sulfonamides is 1. The van der Waals surface area contributed by atoms with Crippen molar-refractivity contribution < 1.29 is 17.6 Å². The number of hydrogen-bond acceptors (Lipinski definition) is 4. The van der Waals surface area contributed by atoms with E-state index in [9.17, 15) is 17.6 Å². The van der Waals surface area contributed by atoms with Gasteiger partial charge in [0.1, 0.15) is 5.82 Å². The summed E-state index contributed by atoms with van der Waals surface area (Å²) in [6.45, 7) is 1.86. The zero-order chi connectivity index (χ0) is 20.3. The average molecular weight is 439 g/mol. The minimum absolute atomic E-state index is 0.0578. The SMILES string of the molecule is CC(NC(=O)c1ccc(Cl)c(NS(=O)(=O)c2ccc(F)cc2)c1)c1cccs1. The topological polar surface area (TPSA) is 75.3 Å². The summed E-state index contributed by atoms with van der Waals surface area (Å²) in [5, 5.41) is 4.91. The van der Waals surface area contributed by atoms with Gasteiger partial charge in [-0.3, -0.25) is 9.52 Å². The number of halogens is 2. The van der Waals surface area contributed by atoms with Crippen LogP contribution < -0.4 is 10.0 Å². The Labute approximate surface area is 171 Å². The van der Waals surface area contributed by atoms with Crippen molar-refractivity contribution in [2.24, 2.45) is 0 Å². The van der Waals surface area contributed by atoms with Crippen molar-refractivity contribution in [2.45, 2.75) is 17.9 Å². The van der Waals surface area contributed by atoms with Crippen molar-refractivity contribution in [3.63, 3.8) is 0 Å². The minimum atomic E-state index is -3.98. The molecular weight excluding hydrogens is 423 g/mol. The molecule has 0 fully saturated rings. The van der Waals surface area contributed by atoms with Gasteiger partial charge in [0.05, 0.1) is 21.6 Å². The van der Waals surface area contributed by atoms with Crippen molar-refractivity contribution in [3.8, 4) is 0 Å². The summed E-state index contributed by atoms with van der Waals surface area (Å²) >= 11 is 7.62. The van der Waals surface area contributed by atoms with E-state index in [4.69, 9.17) is 11.6 Å². The van der Waals surface area contributed by atoms with Gasteiger partial charge in [0.25, 0.3) is 15.9 Å². The lowest BCUT2D eigenvalue weighted by Crippen LogP contribution is -2.26. The number of anilines is 1. The number of benzene rings is 2. The van der Waals surface area contributed by atoms with E-state index in [1.54, 1.807) is 0 Å². The van der Waals surface area contributed by atoms with Crippen LogP contribution in [0.3, 0.4) is 0 Å². The van der Waals surface area contributed by atoms with Crippen molar-refractivity contribution in [2.75, 3.05) is 4.72 Å². The van der Waals surface area contributed by atoms with Gasteiger partial charge in [-0.15, -0.1) is 11.3 Å². The molecule has 0 saturated carbocycles. The van der Waals surface area contributed by atoms with Crippen LogP contribution in [0.25, 0.3) is 0 Å². The summed E-state index contributed by atoms with van der Waals surface area (Å²) in [6, 6.07) is 12.3. The van der Waals surface area contributed by atoms with Crippen LogP contribution >= 0.6 is 22.9 Å². The molecule has 1 amide bonds.